The first-order valence-electron chi connectivity index (χ1n) is 11.0. The Morgan fingerprint density at radius 3 is 2.21 bits per heavy atom. The van der Waals surface area contributed by atoms with Crippen LogP contribution in [0.4, 0.5) is 5.69 Å². The number of carbonyl (C=O) groups excluding carboxylic acids is 1. The number of sulfonamides is 1. The summed E-state index contributed by atoms with van der Waals surface area (Å²) in [5.74, 6) is 0.702. The topological polar surface area (TPSA) is 84.5 Å². The van der Waals surface area contributed by atoms with Crippen LogP contribution in [-0.4, -0.2) is 20.4 Å². The van der Waals surface area contributed by atoms with E-state index < -0.39 is 16.1 Å². The molecular weight excluding hydrogens is 436 g/mol. The lowest BCUT2D eigenvalue weighted by Gasteiger charge is -2.19. The maximum atomic E-state index is 12.6. The van der Waals surface area contributed by atoms with Gasteiger partial charge in [-0.25, -0.2) is 13.1 Å². The van der Waals surface area contributed by atoms with Crippen molar-refractivity contribution >= 4 is 21.6 Å². The normalized spacial score (nSPS) is 13.2. The summed E-state index contributed by atoms with van der Waals surface area (Å²) in [6, 6.07) is 23.1. The number of nitrogens with one attached hydrogen (secondary N) is 2. The predicted molar refractivity (Wildman–Crippen MR) is 131 cm³/mol. The highest BCUT2D eigenvalue weighted by atomic mass is 32.2. The number of benzene rings is 3. The lowest BCUT2D eigenvalue weighted by molar-refractivity contribution is -0.122. The van der Waals surface area contributed by atoms with Gasteiger partial charge in [0.05, 0.1) is 4.90 Å². The van der Waals surface area contributed by atoms with Crippen LogP contribution in [-0.2, 0) is 21.4 Å². The predicted octanol–water partition coefficient (Wildman–Crippen LogP) is 5.08. The van der Waals surface area contributed by atoms with Gasteiger partial charge in [-0.3, -0.25) is 4.79 Å². The van der Waals surface area contributed by atoms with Gasteiger partial charge in [0.15, 0.2) is 6.10 Å². The van der Waals surface area contributed by atoms with Crippen LogP contribution >= 0.6 is 0 Å². The number of hydrogen-bond acceptors (Lipinski definition) is 4. The van der Waals surface area contributed by atoms with Crippen LogP contribution in [0.15, 0.2) is 83.8 Å². The van der Waals surface area contributed by atoms with Crippen LogP contribution in [0.1, 0.15) is 44.2 Å². The van der Waals surface area contributed by atoms with Gasteiger partial charge in [0, 0.05) is 12.2 Å². The number of ether oxygens (including phenoxy) is 1. The molecule has 0 aromatic heterocycles. The van der Waals surface area contributed by atoms with Crippen LogP contribution in [0, 0.1) is 0 Å². The molecule has 33 heavy (non-hydrogen) atoms. The number of amides is 1. The summed E-state index contributed by atoms with van der Waals surface area (Å²) in [6.45, 7) is 6.12. The average molecular weight is 467 g/mol. The third kappa shape index (κ3) is 6.66. The molecule has 0 aliphatic heterocycles. The van der Waals surface area contributed by atoms with Crippen molar-refractivity contribution in [2.24, 2.45) is 0 Å². The highest BCUT2D eigenvalue weighted by Crippen LogP contribution is 2.29. The van der Waals surface area contributed by atoms with Gasteiger partial charge in [0.1, 0.15) is 5.75 Å². The number of para-hydroxylation sites is 1. The Balaban J connectivity index is 1.61. The standard InChI is InChI=1S/C26H30N2O4S/c1-4-19(2)24-12-8-9-13-25(24)32-20(3)26(29)28-22-14-16-23(17-15-22)33(30,31)27-18-21-10-6-5-7-11-21/h5-17,19-20,27H,4,18H2,1-3H3,(H,28,29). The fourth-order valence-corrected chi connectivity index (χ4v) is 4.30. The summed E-state index contributed by atoms with van der Waals surface area (Å²) >= 11 is 0. The summed E-state index contributed by atoms with van der Waals surface area (Å²) in [4.78, 5) is 12.8. The van der Waals surface area contributed by atoms with E-state index in [1.54, 1.807) is 19.1 Å². The second kappa shape index (κ2) is 11.1. The Bertz CT molecular complexity index is 1160. The molecule has 2 atom stereocenters. The molecule has 0 saturated carbocycles. The van der Waals surface area contributed by atoms with E-state index in [-0.39, 0.29) is 17.3 Å². The summed E-state index contributed by atoms with van der Waals surface area (Å²) < 4.78 is 33.6. The van der Waals surface area contributed by atoms with Crippen LogP contribution in [0.3, 0.4) is 0 Å². The van der Waals surface area contributed by atoms with Gasteiger partial charge in [-0.05, 0) is 60.7 Å². The van der Waals surface area contributed by atoms with Gasteiger partial charge in [0.2, 0.25) is 10.0 Å². The van der Waals surface area contributed by atoms with Gasteiger partial charge in [0.25, 0.3) is 5.91 Å². The van der Waals surface area contributed by atoms with Crippen molar-refractivity contribution in [2.75, 3.05) is 5.32 Å². The number of rotatable bonds is 10. The van der Waals surface area contributed by atoms with Crippen LogP contribution in [0.25, 0.3) is 0 Å². The van der Waals surface area contributed by atoms with E-state index in [4.69, 9.17) is 4.74 Å². The quantitative estimate of drug-likeness (QED) is 0.436. The molecule has 0 fully saturated rings. The zero-order valence-electron chi connectivity index (χ0n) is 19.1. The van der Waals surface area contributed by atoms with E-state index in [0.717, 1.165) is 17.5 Å². The molecule has 3 aromatic carbocycles. The molecule has 0 saturated heterocycles. The molecule has 174 valence electrons. The fraction of sp³-hybridized carbons (Fsp3) is 0.269. The van der Waals surface area contributed by atoms with Crippen LogP contribution in [0.2, 0.25) is 0 Å². The van der Waals surface area contributed by atoms with Crippen molar-refractivity contribution in [1.82, 2.24) is 4.72 Å². The molecule has 1 amide bonds. The SMILES string of the molecule is CCC(C)c1ccccc1OC(C)C(=O)Nc1ccc(S(=O)(=O)NCc2ccccc2)cc1. The molecule has 0 bridgehead atoms. The van der Waals surface area contributed by atoms with E-state index >= 15 is 0 Å². The molecule has 2 N–H and O–H groups in total. The highest BCUT2D eigenvalue weighted by molar-refractivity contribution is 7.89. The number of hydrogen-bond donors (Lipinski definition) is 2. The molecule has 0 radical (unpaired) electrons. The minimum atomic E-state index is -3.66. The third-order valence-corrected chi connectivity index (χ3v) is 6.89. The second-order valence-corrected chi connectivity index (χ2v) is 9.70. The van der Waals surface area contributed by atoms with Gasteiger partial charge < -0.3 is 10.1 Å². The molecule has 7 heteroatoms. The average Bonchev–Trinajstić information content (AvgIpc) is 2.83. The molecular formula is C26H30N2O4S. The van der Waals surface area contributed by atoms with Crippen molar-refractivity contribution in [3.05, 3.63) is 90.0 Å². The van der Waals surface area contributed by atoms with Crippen LogP contribution in [0.5, 0.6) is 5.75 Å². The largest absolute Gasteiger partial charge is 0.481 e. The Morgan fingerprint density at radius 1 is 0.909 bits per heavy atom. The fourth-order valence-electron chi connectivity index (χ4n) is 3.28. The molecule has 0 aliphatic rings. The Kier molecular flexibility index (Phi) is 8.25. The molecule has 0 aliphatic carbocycles. The van der Waals surface area contributed by atoms with E-state index in [2.05, 4.69) is 23.9 Å². The molecule has 2 unspecified atom stereocenters. The second-order valence-electron chi connectivity index (χ2n) is 7.93. The van der Waals surface area contributed by atoms with Crippen molar-refractivity contribution in [3.8, 4) is 5.75 Å². The van der Waals surface area contributed by atoms with Crippen molar-refractivity contribution in [3.63, 3.8) is 0 Å². The monoisotopic (exact) mass is 466 g/mol. The Hall–Kier alpha value is -3.16. The van der Waals surface area contributed by atoms with E-state index in [9.17, 15) is 13.2 Å². The number of carbonyl (C=O) groups is 1. The summed E-state index contributed by atoms with van der Waals surface area (Å²) in [6.07, 6.45) is 0.252. The molecule has 0 heterocycles. The Labute approximate surface area is 196 Å². The lowest BCUT2D eigenvalue weighted by Crippen LogP contribution is -2.30. The molecule has 3 aromatic rings. The van der Waals surface area contributed by atoms with Gasteiger partial charge >= 0.3 is 0 Å². The maximum Gasteiger partial charge on any atom is 0.265 e. The summed E-state index contributed by atoms with van der Waals surface area (Å²) in [5.41, 5.74) is 2.43. The summed E-state index contributed by atoms with van der Waals surface area (Å²) in [7, 11) is -3.66. The van der Waals surface area contributed by atoms with Crippen molar-refractivity contribution < 1.29 is 17.9 Å². The first-order chi connectivity index (χ1) is 15.8. The van der Waals surface area contributed by atoms with Gasteiger partial charge in [-0.2, -0.15) is 0 Å². The maximum absolute atomic E-state index is 12.6. The first-order valence-corrected chi connectivity index (χ1v) is 12.5. The zero-order chi connectivity index (χ0) is 23.8. The van der Waals surface area contributed by atoms with Crippen molar-refractivity contribution in [2.45, 2.75) is 50.7 Å². The number of anilines is 1. The molecule has 6 nitrogen and oxygen atoms in total. The highest BCUT2D eigenvalue weighted by Gasteiger charge is 2.19. The van der Waals surface area contributed by atoms with Crippen LogP contribution < -0.4 is 14.8 Å². The Morgan fingerprint density at radius 2 is 1.55 bits per heavy atom. The van der Waals surface area contributed by atoms with E-state index in [1.165, 1.54) is 12.1 Å². The third-order valence-electron chi connectivity index (χ3n) is 5.48. The van der Waals surface area contributed by atoms with Gasteiger partial charge in [-0.1, -0.05) is 62.4 Å². The lowest BCUT2D eigenvalue weighted by atomic mass is 9.98. The minimum absolute atomic E-state index is 0.128. The van der Waals surface area contributed by atoms with Crippen molar-refractivity contribution in [1.29, 1.82) is 0 Å². The smallest absolute Gasteiger partial charge is 0.265 e. The minimum Gasteiger partial charge on any atom is -0.481 e. The van der Waals surface area contributed by atoms with E-state index in [0.29, 0.717) is 17.4 Å². The molecule has 3 rings (SSSR count). The van der Waals surface area contributed by atoms with Gasteiger partial charge in [-0.15, -0.1) is 0 Å². The summed E-state index contributed by atoms with van der Waals surface area (Å²) in [5, 5.41) is 2.78. The molecule has 0 spiro atoms. The first kappa shape index (κ1) is 24.5. The van der Waals surface area contributed by atoms with E-state index in [1.807, 2.05) is 54.6 Å². The zero-order valence-corrected chi connectivity index (χ0v) is 19.9.